The molecule has 3 aliphatic rings. The van der Waals surface area contributed by atoms with Gasteiger partial charge in [0.15, 0.2) is 5.84 Å². The number of thioether (sulfide) groups is 1. The number of nitrogens with one attached hydrogen (secondary N) is 2. The van der Waals surface area contributed by atoms with Crippen molar-refractivity contribution in [1.82, 2.24) is 5.32 Å². The van der Waals surface area contributed by atoms with E-state index >= 15 is 0 Å². The molecule has 2 atom stereocenters. The molecule has 0 amide bonds. The van der Waals surface area contributed by atoms with Crippen molar-refractivity contribution >= 4 is 60.6 Å². The van der Waals surface area contributed by atoms with Crippen molar-refractivity contribution < 1.29 is 0 Å². The van der Waals surface area contributed by atoms with Crippen LogP contribution in [0, 0.1) is 0 Å². The van der Waals surface area contributed by atoms with Gasteiger partial charge in [0, 0.05) is 52.9 Å². The van der Waals surface area contributed by atoms with E-state index in [0.717, 1.165) is 33.9 Å². The molecule has 7 aromatic carbocycles. The number of hydrogen-bond acceptors (Lipinski definition) is 6. The van der Waals surface area contributed by atoms with E-state index in [1.165, 1.54) is 69.7 Å². The molecule has 1 aliphatic carbocycles. The zero-order valence-electron chi connectivity index (χ0n) is 31.3. The van der Waals surface area contributed by atoms with Gasteiger partial charge in [-0.3, -0.25) is 0 Å². The summed E-state index contributed by atoms with van der Waals surface area (Å²) in [6, 6.07) is 54.8. The van der Waals surface area contributed by atoms with Gasteiger partial charge in [0.1, 0.15) is 12.0 Å². The van der Waals surface area contributed by atoms with Gasteiger partial charge in [-0.15, -0.1) is 11.3 Å². The van der Waals surface area contributed by atoms with Crippen molar-refractivity contribution in [3.05, 3.63) is 179 Å². The van der Waals surface area contributed by atoms with E-state index in [1.807, 2.05) is 47.4 Å². The maximum Gasteiger partial charge on any atom is 0.159 e. The molecule has 0 radical (unpaired) electrons. The zero-order chi connectivity index (χ0) is 37.5. The minimum absolute atomic E-state index is 0.0827. The molecule has 3 heterocycles. The molecule has 56 heavy (non-hydrogen) atoms. The Kier molecular flexibility index (Phi) is 7.63. The first-order valence-electron chi connectivity index (χ1n) is 19.2. The van der Waals surface area contributed by atoms with Crippen LogP contribution >= 0.6 is 23.1 Å². The van der Waals surface area contributed by atoms with Gasteiger partial charge in [-0.25, -0.2) is 9.98 Å². The third kappa shape index (κ3) is 5.27. The van der Waals surface area contributed by atoms with Crippen LogP contribution in [0.2, 0.25) is 0 Å². The van der Waals surface area contributed by atoms with Crippen LogP contribution in [0.4, 0.5) is 5.69 Å². The van der Waals surface area contributed by atoms with Gasteiger partial charge < -0.3 is 10.6 Å². The first kappa shape index (κ1) is 33.4. The van der Waals surface area contributed by atoms with E-state index in [1.54, 1.807) is 0 Å². The third-order valence-corrected chi connectivity index (χ3v) is 14.0. The van der Waals surface area contributed by atoms with Crippen molar-refractivity contribution in [3.63, 3.8) is 0 Å². The number of anilines is 1. The molecule has 8 aromatic rings. The summed E-state index contributed by atoms with van der Waals surface area (Å²) < 4.78 is 2.61. The molecule has 0 saturated carbocycles. The summed E-state index contributed by atoms with van der Waals surface area (Å²) in [5.74, 6) is 1.54. The second kappa shape index (κ2) is 12.8. The van der Waals surface area contributed by atoms with E-state index in [2.05, 4.69) is 159 Å². The standard InChI is InChI=1S/C50H38N4S2/c1-29-51-42-26-25-40-43(46(42)55-29)39-24-23-33(28-41(39)50(40,2)3)36-20-12-22-38-37-21-11-19-35(44(37)56-45(36)38)32-17-10-18-34(27-32)49-53-47(30-13-6-4-7-14-30)52-48(54-49)31-15-8-5-9-16-31/h4-29,47,51H,1-3H3,(H,52,53,54). The van der Waals surface area contributed by atoms with E-state index in [0.29, 0.717) is 5.37 Å². The highest BCUT2D eigenvalue weighted by molar-refractivity contribution is 8.00. The van der Waals surface area contributed by atoms with Crippen LogP contribution in [0.3, 0.4) is 0 Å². The van der Waals surface area contributed by atoms with Crippen molar-refractivity contribution in [2.75, 3.05) is 5.32 Å². The van der Waals surface area contributed by atoms with Crippen molar-refractivity contribution in [1.29, 1.82) is 0 Å². The molecule has 6 heteroatoms. The van der Waals surface area contributed by atoms with Gasteiger partial charge in [0.05, 0.1) is 5.37 Å². The summed E-state index contributed by atoms with van der Waals surface area (Å²) in [6.07, 6.45) is -0.244. The molecule has 270 valence electrons. The van der Waals surface area contributed by atoms with Gasteiger partial charge in [-0.1, -0.05) is 159 Å². The Morgan fingerprint density at radius 3 is 1.98 bits per heavy atom. The number of hydrogen-bond donors (Lipinski definition) is 2. The number of amidine groups is 2. The van der Waals surface area contributed by atoms with Crippen LogP contribution in [0.15, 0.2) is 167 Å². The van der Waals surface area contributed by atoms with Gasteiger partial charge in [0.2, 0.25) is 0 Å². The largest absolute Gasteiger partial charge is 0.372 e. The first-order valence-corrected chi connectivity index (χ1v) is 20.9. The van der Waals surface area contributed by atoms with E-state index in [4.69, 9.17) is 9.98 Å². The number of benzene rings is 7. The Bertz CT molecular complexity index is 2940. The lowest BCUT2D eigenvalue weighted by atomic mass is 9.81. The van der Waals surface area contributed by atoms with Crippen LogP contribution < -0.4 is 10.6 Å². The minimum Gasteiger partial charge on any atom is -0.372 e. The van der Waals surface area contributed by atoms with E-state index in [9.17, 15) is 0 Å². The SMILES string of the molecule is CC1Nc2ccc3c(c2S1)-c1ccc(-c2cccc4c2sc2c(-c5cccc(C6=NC(c7ccccc7)=NC(c7ccccc7)N6)c5)cccc24)cc1C3(C)C. The number of nitrogens with zero attached hydrogens (tertiary/aromatic N) is 2. The summed E-state index contributed by atoms with van der Waals surface area (Å²) in [4.78, 5) is 11.5. The van der Waals surface area contributed by atoms with Crippen LogP contribution in [0.5, 0.6) is 0 Å². The Labute approximate surface area is 335 Å². The molecule has 4 nitrogen and oxygen atoms in total. The Morgan fingerprint density at radius 1 is 0.571 bits per heavy atom. The summed E-state index contributed by atoms with van der Waals surface area (Å²) in [6.45, 7) is 7.02. The lowest BCUT2D eigenvalue weighted by Gasteiger charge is -2.24. The van der Waals surface area contributed by atoms with Gasteiger partial charge in [-0.2, -0.15) is 0 Å². The zero-order valence-corrected chi connectivity index (χ0v) is 32.9. The lowest BCUT2D eigenvalue weighted by molar-refractivity contribution is 0.660. The summed E-state index contributed by atoms with van der Waals surface area (Å²) in [5, 5.41) is 10.3. The van der Waals surface area contributed by atoms with Crippen molar-refractivity contribution in [3.8, 4) is 33.4 Å². The Balaban J connectivity index is 0.998. The highest BCUT2D eigenvalue weighted by atomic mass is 32.2. The fourth-order valence-electron chi connectivity index (χ4n) is 8.85. The normalized spacial score (nSPS) is 17.8. The second-order valence-corrected chi connectivity index (χ2v) is 17.8. The number of thiophene rings is 1. The number of rotatable bonds is 5. The monoisotopic (exact) mass is 758 g/mol. The second-order valence-electron chi connectivity index (χ2n) is 15.4. The van der Waals surface area contributed by atoms with Crippen LogP contribution in [-0.2, 0) is 5.41 Å². The fourth-order valence-corrected chi connectivity index (χ4v) is 11.4. The molecule has 0 spiro atoms. The van der Waals surface area contributed by atoms with Gasteiger partial charge in [-0.05, 0) is 69.6 Å². The maximum absolute atomic E-state index is 5.10. The van der Waals surface area contributed by atoms with Crippen LogP contribution in [0.25, 0.3) is 53.6 Å². The predicted molar refractivity (Wildman–Crippen MR) is 239 cm³/mol. The Hall–Kier alpha value is -5.95. The van der Waals surface area contributed by atoms with Crippen LogP contribution in [0.1, 0.15) is 54.8 Å². The smallest absolute Gasteiger partial charge is 0.159 e. The van der Waals surface area contributed by atoms with Gasteiger partial charge >= 0.3 is 0 Å². The molecule has 0 saturated heterocycles. The van der Waals surface area contributed by atoms with E-state index in [-0.39, 0.29) is 11.6 Å². The molecule has 2 N–H and O–H groups in total. The highest BCUT2D eigenvalue weighted by Crippen LogP contribution is 2.57. The fraction of sp³-hybridized carbons (Fsp3) is 0.120. The average molecular weight is 759 g/mol. The molecule has 0 bridgehead atoms. The molecular formula is C50H38N4S2. The molecule has 0 fully saturated rings. The van der Waals surface area contributed by atoms with Gasteiger partial charge in [0.25, 0.3) is 0 Å². The van der Waals surface area contributed by atoms with E-state index < -0.39 is 0 Å². The third-order valence-electron chi connectivity index (χ3n) is 11.6. The topological polar surface area (TPSA) is 48.8 Å². The summed E-state index contributed by atoms with van der Waals surface area (Å²) in [5.41, 5.74) is 14.9. The molecule has 2 aliphatic heterocycles. The number of aliphatic imine (C=N–C) groups is 2. The molecule has 2 unspecified atom stereocenters. The lowest BCUT2D eigenvalue weighted by Crippen LogP contribution is -2.33. The molecule has 11 rings (SSSR count). The predicted octanol–water partition coefficient (Wildman–Crippen LogP) is 13.1. The van der Waals surface area contributed by atoms with Crippen molar-refractivity contribution in [2.45, 2.75) is 42.6 Å². The highest BCUT2D eigenvalue weighted by Gasteiger charge is 2.39. The molecule has 1 aromatic heterocycles. The summed E-state index contributed by atoms with van der Waals surface area (Å²) in [7, 11) is 0. The quantitative estimate of drug-likeness (QED) is 0.184. The Morgan fingerprint density at radius 2 is 1.23 bits per heavy atom. The minimum atomic E-state index is -0.244. The summed E-state index contributed by atoms with van der Waals surface area (Å²) >= 11 is 3.85. The average Bonchev–Trinajstić information content (AvgIpc) is 3.90. The molecular weight excluding hydrogens is 721 g/mol. The maximum atomic E-state index is 5.10. The van der Waals surface area contributed by atoms with Crippen LogP contribution in [-0.4, -0.2) is 17.0 Å². The first-order chi connectivity index (χ1) is 27.4. The van der Waals surface area contributed by atoms with Crippen molar-refractivity contribution in [2.24, 2.45) is 9.98 Å². The number of fused-ring (bicyclic) bond motifs is 8.